The molecule has 0 aliphatic carbocycles. The first-order chi connectivity index (χ1) is 8.13. The third kappa shape index (κ3) is 5.27. The lowest BCUT2D eigenvalue weighted by Crippen LogP contribution is -2.11. The van der Waals surface area contributed by atoms with Gasteiger partial charge < -0.3 is 4.74 Å². The molecule has 0 saturated carbocycles. The SMILES string of the molecule is C=C(OC(=O)/C=C/c1ccccc1)N(C)SI. The zero-order valence-corrected chi connectivity index (χ0v) is 12.3. The number of ether oxygens (including phenoxy) is 1. The largest absolute Gasteiger partial charge is 0.406 e. The normalized spacial score (nSPS) is 10.2. The molecule has 90 valence electrons. The molecule has 0 bridgehead atoms. The van der Waals surface area contributed by atoms with E-state index in [0.717, 1.165) is 5.56 Å². The minimum Gasteiger partial charge on any atom is -0.406 e. The van der Waals surface area contributed by atoms with Gasteiger partial charge in [-0.15, -0.1) is 0 Å². The van der Waals surface area contributed by atoms with Crippen molar-refractivity contribution >= 4 is 42.4 Å². The van der Waals surface area contributed by atoms with Crippen LogP contribution in [0.4, 0.5) is 0 Å². The first kappa shape index (κ1) is 14.1. The van der Waals surface area contributed by atoms with Crippen molar-refractivity contribution in [3.63, 3.8) is 0 Å². The Morgan fingerprint density at radius 2 is 2.12 bits per heavy atom. The summed E-state index contributed by atoms with van der Waals surface area (Å²) in [7, 11) is 3.16. The van der Waals surface area contributed by atoms with Gasteiger partial charge in [0.2, 0.25) is 5.88 Å². The summed E-state index contributed by atoms with van der Waals surface area (Å²) in [5.41, 5.74) is 0.951. The first-order valence-corrected chi connectivity index (χ1v) is 8.11. The van der Waals surface area contributed by atoms with E-state index in [-0.39, 0.29) is 0 Å². The number of hydrogen-bond acceptors (Lipinski definition) is 4. The number of nitrogens with zero attached hydrogens (tertiary/aromatic N) is 1. The maximum absolute atomic E-state index is 11.4. The zero-order chi connectivity index (χ0) is 12.7. The summed E-state index contributed by atoms with van der Waals surface area (Å²) in [6.07, 6.45) is 3.08. The molecule has 0 aromatic heterocycles. The Labute approximate surface area is 117 Å². The smallest absolute Gasteiger partial charge is 0.337 e. The Morgan fingerprint density at radius 3 is 2.71 bits per heavy atom. The quantitative estimate of drug-likeness (QED) is 0.263. The van der Waals surface area contributed by atoms with Crippen LogP contribution in [0.25, 0.3) is 6.08 Å². The summed E-state index contributed by atoms with van der Waals surface area (Å²) in [5, 5.41) is 0. The van der Waals surface area contributed by atoms with Crippen molar-refractivity contribution in [2.24, 2.45) is 0 Å². The summed E-state index contributed by atoms with van der Waals surface area (Å²) < 4.78 is 6.67. The topological polar surface area (TPSA) is 29.5 Å². The minimum atomic E-state index is -0.434. The van der Waals surface area contributed by atoms with Gasteiger partial charge in [0.05, 0.1) is 0 Å². The highest BCUT2D eigenvalue weighted by atomic mass is 127. The second kappa shape index (κ2) is 7.39. The molecule has 0 aliphatic rings. The van der Waals surface area contributed by atoms with Crippen molar-refractivity contribution in [1.29, 1.82) is 0 Å². The second-order valence-electron chi connectivity index (χ2n) is 3.13. The molecule has 1 aromatic carbocycles. The monoisotopic (exact) mass is 361 g/mol. The third-order valence-corrected chi connectivity index (χ3v) is 4.07. The highest BCUT2D eigenvalue weighted by Gasteiger charge is 2.06. The first-order valence-electron chi connectivity index (χ1n) is 4.79. The fraction of sp³-hybridized carbons (Fsp3) is 0.0833. The molecule has 0 N–H and O–H groups in total. The van der Waals surface area contributed by atoms with E-state index < -0.39 is 5.97 Å². The van der Waals surface area contributed by atoms with Crippen LogP contribution in [0.1, 0.15) is 5.56 Å². The van der Waals surface area contributed by atoms with Crippen molar-refractivity contribution in [3.8, 4) is 0 Å². The van der Waals surface area contributed by atoms with Gasteiger partial charge in [-0.25, -0.2) is 4.79 Å². The molecule has 0 saturated heterocycles. The molecule has 0 atom stereocenters. The maximum Gasteiger partial charge on any atom is 0.337 e. The predicted molar refractivity (Wildman–Crippen MR) is 80.1 cm³/mol. The van der Waals surface area contributed by atoms with Crippen LogP contribution in [-0.4, -0.2) is 17.3 Å². The van der Waals surface area contributed by atoms with Crippen LogP contribution in [0.15, 0.2) is 48.9 Å². The molecule has 0 fully saturated rings. The molecular formula is C12H12INO2S. The number of rotatable bonds is 5. The fourth-order valence-electron chi connectivity index (χ4n) is 0.981. The summed E-state index contributed by atoms with van der Waals surface area (Å²) in [6, 6.07) is 9.55. The molecule has 1 rings (SSSR count). The standard InChI is InChI=1S/C12H12INO2S/c1-10(14(2)17-13)16-12(15)9-8-11-6-4-3-5-7-11/h3-9H,1H2,2H3/b9-8+. The van der Waals surface area contributed by atoms with Crippen LogP contribution in [-0.2, 0) is 9.53 Å². The lowest BCUT2D eigenvalue weighted by Gasteiger charge is -2.14. The second-order valence-corrected chi connectivity index (χ2v) is 4.99. The third-order valence-electron chi connectivity index (χ3n) is 1.88. The van der Waals surface area contributed by atoms with Crippen molar-refractivity contribution < 1.29 is 9.53 Å². The van der Waals surface area contributed by atoms with Crippen LogP contribution < -0.4 is 0 Å². The average Bonchev–Trinajstić information content (AvgIpc) is 2.36. The van der Waals surface area contributed by atoms with Gasteiger partial charge in [-0.05, 0) is 18.2 Å². The van der Waals surface area contributed by atoms with E-state index in [1.807, 2.05) is 30.3 Å². The zero-order valence-electron chi connectivity index (χ0n) is 9.30. The summed E-state index contributed by atoms with van der Waals surface area (Å²) >= 11 is 2.08. The summed E-state index contributed by atoms with van der Waals surface area (Å²) in [4.78, 5) is 11.4. The maximum atomic E-state index is 11.4. The fourth-order valence-corrected chi connectivity index (χ4v) is 1.75. The highest BCUT2D eigenvalue weighted by molar-refractivity contribution is 14.2. The van der Waals surface area contributed by atoms with Gasteiger partial charge in [-0.1, -0.05) is 30.3 Å². The molecule has 3 nitrogen and oxygen atoms in total. The number of hydrogen-bond donors (Lipinski definition) is 0. The van der Waals surface area contributed by atoms with Gasteiger partial charge in [0.15, 0.2) is 0 Å². The average molecular weight is 361 g/mol. The van der Waals surface area contributed by atoms with E-state index in [2.05, 4.69) is 27.8 Å². The number of esters is 1. The lowest BCUT2D eigenvalue weighted by molar-refractivity contribution is -0.134. The minimum absolute atomic E-state index is 0.312. The van der Waals surface area contributed by atoms with E-state index in [1.54, 1.807) is 17.4 Å². The van der Waals surface area contributed by atoms with Crippen molar-refractivity contribution in [2.45, 2.75) is 0 Å². The van der Waals surface area contributed by atoms with Crippen molar-refractivity contribution in [3.05, 3.63) is 54.4 Å². The molecule has 0 heterocycles. The molecule has 0 unspecified atom stereocenters. The molecule has 17 heavy (non-hydrogen) atoms. The predicted octanol–water partition coefficient (Wildman–Crippen LogP) is 3.64. The molecule has 5 heteroatoms. The summed E-state index contributed by atoms with van der Waals surface area (Å²) in [5.74, 6) is -0.122. The van der Waals surface area contributed by atoms with Gasteiger partial charge in [0.1, 0.15) is 0 Å². The van der Waals surface area contributed by atoms with Gasteiger partial charge in [0, 0.05) is 43.4 Å². The number of carbonyl (C=O) groups is 1. The Kier molecular flexibility index (Phi) is 6.13. The summed E-state index contributed by atoms with van der Waals surface area (Å²) in [6.45, 7) is 3.64. The Balaban J connectivity index is 2.50. The molecule has 0 spiro atoms. The van der Waals surface area contributed by atoms with Gasteiger partial charge >= 0.3 is 5.97 Å². The number of benzene rings is 1. The van der Waals surface area contributed by atoms with E-state index in [9.17, 15) is 4.79 Å². The number of carbonyl (C=O) groups excluding carboxylic acids is 1. The highest BCUT2D eigenvalue weighted by Crippen LogP contribution is 2.20. The Morgan fingerprint density at radius 1 is 1.47 bits per heavy atom. The molecule has 0 aliphatic heterocycles. The van der Waals surface area contributed by atoms with Crippen LogP contribution in [0.2, 0.25) is 0 Å². The van der Waals surface area contributed by atoms with Crippen molar-refractivity contribution in [2.75, 3.05) is 7.05 Å². The van der Waals surface area contributed by atoms with Crippen LogP contribution in [0.5, 0.6) is 0 Å². The van der Waals surface area contributed by atoms with E-state index in [0.29, 0.717) is 5.88 Å². The molecule has 0 amide bonds. The van der Waals surface area contributed by atoms with Gasteiger partial charge in [-0.3, -0.25) is 4.31 Å². The van der Waals surface area contributed by atoms with E-state index in [1.165, 1.54) is 15.2 Å². The lowest BCUT2D eigenvalue weighted by atomic mass is 10.2. The van der Waals surface area contributed by atoms with Crippen LogP contribution >= 0.6 is 30.3 Å². The van der Waals surface area contributed by atoms with Crippen LogP contribution in [0, 0.1) is 0 Å². The van der Waals surface area contributed by atoms with Crippen molar-refractivity contribution in [1.82, 2.24) is 4.31 Å². The Hall–Kier alpha value is -0.950. The molecule has 0 radical (unpaired) electrons. The van der Waals surface area contributed by atoms with Gasteiger partial charge in [-0.2, -0.15) is 0 Å². The Bertz CT molecular complexity index is 420. The van der Waals surface area contributed by atoms with Gasteiger partial charge in [0.25, 0.3) is 0 Å². The van der Waals surface area contributed by atoms with E-state index in [4.69, 9.17) is 4.74 Å². The van der Waals surface area contributed by atoms with Crippen LogP contribution in [0.3, 0.4) is 0 Å². The molecular weight excluding hydrogens is 349 g/mol. The number of halogens is 1. The van der Waals surface area contributed by atoms with E-state index >= 15 is 0 Å². The molecule has 1 aromatic rings.